The van der Waals surface area contributed by atoms with Crippen LogP contribution in [0.4, 0.5) is 13.2 Å². The number of alkyl halides is 3. The molecule has 0 radical (unpaired) electrons. The lowest BCUT2D eigenvalue weighted by Gasteiger charge is -2.27. The van der Waals surface area contributed by atoms with Gasteiger partial charge in [-0.15, -0.1) is 24.8 Å². The molecule has 2 aromatic rings. The summed E-state index contributed by atoms with van der Waals surface area (Å²) in [4.78, 5) is 15.6. The van der Waals surface area contributed by atoms with E-state index in [1.807, 2.05) is 0 Å². The van der Waals surface area contributed by atoms with Gasteiger partial charge in [0.25, 0.3) is 5.91 Å². The van der Waals surface area contributed by atoms with Gasteiger partial charge in [0.1, 0.15) is 5.75 Å². The number of hydrogen-bond donors (Lipinski definition) is 2. The van der Waals surface area contributed by atoms with Gasteiger partial charge in [-0.1, -0.05) is 0 Å². The van der Waals surface area contributed by atoms with Crippen molar-refractivity contribution in [2.24, 2.45) is 5.92 Å². The number of halogens is 5. The molecule has 3 rings (SSSR count). The van der Waals surface area contributed by atoms with E-state index >= 15 is 0 Å². The van der Waals surface area contributed by atoms with E-state index < -0.39 is 11.7 Å². The molecule has 1 amide bonds. The smallest absolute Gasteiger partial charge is 0.417 e. The number of pyridine rings is 1. The summed E-state index contributed by atoms with van der Waals surface area (Å²) in [5.41, 5.74) is -0.353. The van der Waals surface area contributed by atoms with Crippen molar-refractivity contribution in [3.8, 4) is 11.6 Å². The molecule has 0 bridgehead atoms. The Hall–Kier alpha value is -2.03. The highest BCUT2D eigenvalue weighted by atomic mass is 35.5. The summed E-state index contributed by atoms with van der Waals surface area (Å²) in [7, 11) is 0. The number of carbonyl (C=O) groups is 1. The summed E-state index contributed by atoms with van der Waals surface area (Å²) in [5, 5.41) is 5.98. The maximum absolute atomic E-state index is 12.5. The van der Waals surface area contributed by atoms with Gasteiger partial charge in [0.15, 0.2) is 0 Å². The first-order valence-corrected chi connectivity index (χ1v) is 7.72. The van der Waals surface area contributed by atoms with Crippen LogP contribution in [0.2, 0.25) is 0 Å². The Kier molecular flexibility index (Phi) is 8.33. The highest BCUT2D eigenvalue weighted by Crippen LogP contribution is 2.30. The zero-order valence-corrected chi connectivity index (χ0v) is 15.6. The molecule has 0 aliphatic carbocycles. The fraction of sp³-hybridized carbons (Fsp3) is 0.294. The zero-order valence-electron chi connectivity index (χ0n) is 14.0. The van der Waals surface area contributed by atoms with Crippen LogP contribution in [0, 0.1) is 5.92 Å². The number of amides is 1. The molecule has 1 saturated heterocycles. The Morgan fingerprint density at radius 3 is 2.30 bits per heavy atom. The number of nitrogens with zero attached hydrogens (tertiary/aromatic N) is 1. The molecule has 1 fully saturated rings. The van der Waals surface area contributed by atoms with Gasteiger partial charge in [-0.25, -0.2) is 4.98 Å². The van der Waals surface area contributed by atoms with Crippen LogP contribution in [0.1, 0.15) is 15.9 Å². The Balaban J connectivity index is 0.00000182. The molecule has 1 aromatic carbocycles. The topological polar surface area (TPSA) is 63.2 Å². The molecule has 27 heavy (non-hydrogen) atoms. The fourth-order valence-electron chi connectivity index (χ4n) is 2.24. The lowest BCUT2D eigenvalue weighted by Crippen LogP contribution is -2.48. The molecule has 2 N–H and O–H groups in total. The largest absolute Gasteiger partial charge is 0.439 e. The molecule has 2 heterocycles. The monoisotopic (exact) mass is 423 g/mol. The number of ether oxygens (including phenoxy) is 1. The van der Waals surface area contributed by atoms with Crippen molar-refractivity contribution >= 4 is 30.7 Å². The number of rotatable bonds is 5. The van der Waals surface area contributed by atoms with Gasteiger partial charge in [-0.3, -0.25) is 4.79 Å². The maximum Gasteiger partial charge on any atom is 0.417 e. The third-order valence-corrected chi connectivity index (χ3v) is 3.82. The number of carbonyl (C=O) groups excluding carboxylic acids is 1. The third kappa shape index (κ3) is 6.27. The van der Waals surface area contributed by atoms with Gasteiger partial charge in [-0.05, 0) is 30.3 Å². The van der Waals surface area contributed by atoms with E-state index in [0.717, 1.165) is 25.2 Å². The minimum Gasteiger partial charge on any atom is -0.439 e. The Morgan fingerprint density at radius 1 is 1.15 bits per heavy atom. The molecule has 10 heteroatoms. The van der Waals surface area contributed by atoms with Crippen molar-refractivity contribution in [1.29, 1.82) is 0 Å². The molecule has 1 aliphatic rings. The van der Waals surface area contributed by atoms with Gasteiger partial charge in [0.2, 0.25) is 5.88 Å². The average molecular weight is 424 g/mol. The Labute approximate surface area is 166 Å². The molecule has 1 aromatic heterocycles. The first-order valence-electron chi connectivity index (χ1n) is 7.72. The van der Waals surface area contributed by atoms with Gasteiger partial charge in [-0.2, -0.15) is 13.2 Å². The van der Waals surface area contributed by atoms with Crippen molar-refractivity contribution in [1.82, 2.24) is 15.6 Å². The Bertz CT molecular complexity index is 737. The number of benzene rings is 1. The number of aromatic nitrogens is 1. The van der Waals surface area contributed by atoms with Crippen molar-refractivity contribution < 1.29 is 22.7 Å². The summed E-state index contributed by atoms with van der Waals surface area (Å²) in [6.45, 7) is 2.44. The molecular weight excluding hydrogens is 406 g/mol. The highest BCUT2D eigenvalue weighted by Gasteiger charge is 2.30. The molecule has 148 valence electrons. The molecule has 0 atom stereocenters. The average Bonchev–Trinajstić information content (AvgIpc) is 2.53. The summed E-state index contributed by atoms with van der Waals surface area (Å²) in [5.74, 6) is 0.720. The lowest BCUT2D eigenvalue weighted by molar-refractivity contribution is -0.137. The van der Waals surface area contributed by atoms with E-state index in [4.69, 9.17) is 4.74 Å². The second kappa shape index (κ2) is 9.77. The first-order chi connectivity index (χ1) is 11.9. The van der Waals surface area contributed by atoms with Crippen LogP contribution in [0.5, 0.6) is 11.6 Å². The van der Waals surface area contributed by atoms with Crippen LogP contribution < -0.4 is 15.4 Å². The molecule has 5 nitrogen and oxygen atoms in total. The van der Waals surface area contributed by atoms with Crippen molar-refractivity contribution in [2.75, 3.05) is 19.6 Å². The van der Waals surface area contributed by atoms with Crippen LogP contribution in [0.3, 0.4) is 0 Å². The minimum absolute atomic E-state index is 0. The van der Waals surface area contributed by atoms with Crippen LogP contribution in [0.15, 0.2) is 42.6 Å². The van der Waals surface area contributed by atoms with E-state index in [9.17, 15) is 18.0 Å². The van der Waals surface area contributed by atoms with Crippen LogP contribution in [-0.4, -0.2) is 30.5 Å². The van der Waals surface area contributed by atoms with Gasteiger partial charge in [0.05, 0.1) is 5.56 Å². The SMILES string of the molecule is Cl.Cl.O=C(NCC1CNC1)c1ccc(Oc2ccc(C(F)(F)F)cn2)cc1. The fourth-order valence-corrected chi connectivity index (χ4v) is 2.24. The molecular formula is C17H18Cl2F3N3O2. The molecule has 0 spiro atoms. The Morgan fingerprint density at radius 2 is 1.81 bits per heavy atom. The third-order valence-electron chi connectivity index (χ3n) is 3.82. The predicted molar refractivity (Wildman–Crippen MR) is 98.9 cm³/mol. The van der Waals surface area contributed by atoms with Crippen LogP contribution >= 0.6 is 24.8 Å². The summed E-state index contributed by atoms with van der Waals surface area (Å²) < 4.78 is 42.8. The van der Waals surface area contributed by atoms with Crippen LogP contribution in [-0.2, 0) is 6.18 Å². The molecule has 0 saturated carbocycles. The zero-order chi connectivity index (χ0) is 17.9. The first kappa shape index (κ1) is 23.0. The van der Waals surface area contributed by atoms with E-state index in [0.29, 0.717) is 30.0 Å². The van der Waals surface area contributed by atoms with E-state index in [2.05, 4.69) is 15.6 Å². The second-order valence-corrected chi connectivity index (χ2v) is 5.74. The van der Waals surface area contributed by atoms with Crippen LogP contribution in [0.25, 0.3) is 0 Å². The van der Waals surface area contributed by atoms with E-state index in [-0.39, 0.29) is 36.6 Å². The van der Waals surface area contributed by atoms with Gasteiger partial charge >= 0.3 is 6.18 Å². The molecule has 0 unspecified atom stereocenters. The number of hydrogen-bond acceptors (Lipinski definition) is 4. The van der Waals surface area contributed by atoms with E-state index in [1.165, 1.54) is 0 Å². The molecule has 1 aliphatic heterocycles. The predicted octanol–water partition coefficient (Wildman–Crippen LogP) is 3.69. The minimum atomic E-state index is -4.43. The van der Waals surface area contributed by atoms with Crippen molar-refractivity contribution in [3.05, 3.63) is 53.7 Å². The van der Waals surface area contributed by atoms with Crippen molar-refractivity contribution in [3.63, 3.8) is 0 Å². The van der Waals surface area contributed by atoms with E-state index in [1.54, 1.807) is 24.3 Å². The highest BCUT2D eigenvalue weighted by molar-refractivity contribution is 5.94. The number of nitrogens with one attached hydrogen (secondary N) is 2. The quantitative estimate of drug-likeness (QED) is 0.769. The normalized spacial score (nSPS) is 13.6. The maximum atomic E-state index is 12.5. The standard InChI is InChI=1S/C17H16F3N3O2.2ClH/c18-17(19,20)13-3-6-15(22-10-13)25-14-4-1-12(2-5-14)16(24)23-9-11-7-21-8-11;;/h1-6,10-11,21H,7-9H2,(H,23,24);2*1H. The second-order valence-electron chi connectivity index (χ2n) is 5.74. The van der Waals surface area contributed by atoms with Gasteiger partial charge < -0.3 is 15.4 Å². The lowest BCUT2D eigenvalue weighted by atomic mass is 10.0. The summed E-state index contributed by atoms with van der Waals surface area (Å²) >= 11 is 0. The van der Waals surface area contributed by atoms with Crippen molar-refractivity contribution in [2.45, 2.75) is 6.18 Å². The summed E-state index contributed by atoms with van der Waals surface area (Å²) in [6.07, 6.45) is -3.72. The van der Waals surface area contributed by atoms with Gasteiger partial charge in [0, 0.05) is 43.4 Å². The summed E-state index contributed by atoms with van der Waals surface area (Å²) in [6, 6.07) is 8.37.